The summed E-state index contributed by atoms with van der Waals surface area (Å²) in [6.07, 6.45) is 12.3. The van der Waals surface area contributed by atoms with Crippen LogP contribution in [0.1, 0.15) is 84.5 Å². The van der Waals surface area contributed by atoms with E-state index in [1.54, 1.807) is 6.92 Å². The molecule has 4 bridgehead atoms. The van der Waals surface area contributed by atoms with Crippen LogP contribution >= 0.6 is 0 Å². The molecule has 0 aromatic heterocycles. The van der Waals surface area contributed by atoms with Gasteiger partial charge in [-0.2, -0.15) is 0 Å². The van der Waals surface area contributed by atoms with Crippen molar-refractivity contribution in [2.24, 2.45) is 11.8 Å². The Labute approximate surface area is 164 Å². The van der Waals surface area contributed by atoms with Crippen molar-refractivity contribution in [3.8, 4) is 0 Å². The third-order valence-electron chi connectivity index (χ3n) is 7.66. The summed E-state index contributed by atoms with van der Waals surface area (Å²) in [7, 11) is 0. The highest BCUT2D eigenvalue weighted by Gasteiger charge is 2.60. The number of hydrogen-bond donors (Lipinski definition) is 0. The van der Waals surface area contributed by atoms with Gasteiger partial charge in [0, 0.05) is 18.6 Å². The van der Waals surface area contributed by atoms with Gasteiger partial charge < -0.3 is 14.2 Å². The largest absolute Gasteiger partial charge is 0.456 e. The molecule has 1 aliphatic heterocycles. The van der Waals surface area contributed by atoms with Crippen LogP contribution in [0.25, 0.3) is 0 Å². The zero-order valence-corrected chi connectivity index (χ0v) is 17.2. The van der Waals surface area contributed by atoms with Crippen LogP contribution in [0, 0.1) is 11.8 Å². The average Bonchev–Trinajstić information content (AvgIpc) is 2.55. The molecule has 152 valence electrons. The maximum atomic E-state index is 12.2. The van der Waals surface area contributed by atoms with E-state index in [-0.39, 0.29) is 22.8 Å². The Hall–Kier alpha value is -0.870. The highest BCUT2D eigenvalue weighted by atomic mass is 16.6. The smallest absolute Gasteiger partial charge is 0.333 e. The highest BCUT2D eigenvalue weighted by molar-refractivity contribution is 5.87. The summed E-state index contributed by atoms with van der Waals surface area (Å²) >= 11 is 0. The number of carbonyl (C=O) groups excluding carboxylic acids is 1. The molecule has 0 radical (unpaired) electrons. The molecular formula is C23H36O4. The lowest BCUT2D eigenvalue weighted by Crippen LogP contribution is -2.61. The Morgan fingerprint density at radius 1 is 1.15 bits per heavy atom. The number of carbonyl (C=O) groups is 1. The van der Waals surface area contributed by atoms with Gasteiger partial charge in [-0.3, -0.25) is 0 Å². The molecule has 5 fully saturated rings. The Morgan fingerprint density at radius 3 is 2.37 bits per heavy atom. The third-order valence-corrected chi connectivity index (χ3v) is 7.66. The minimum absolute atomic E-state index is 0.0607. The average molecular weight is 377 g/mol. The Bertz CT molecular complexity index is 572. The summed E-state index contributed by atoms with van der Waals surface area (Å²) in [5, 5.41) is 0. The first kappa shape index (κ1) is 19.4. The second-order valence-electron chi connectivity index (χ2n) is 9.94. The van der Waals surface area contributed by atoms with Crippen LogP contribution in [0.15, 0.2) is 12.2 Å². The lowest BCUT2D eigenvalue weighted by molar-refractivity contribution is -0.232. The van der Waals surface area contributed by atoms with Crippen LogP contribution < -0.4 is 0 Å². The first-order chi connectivity index (χ1) is 12.9. The summed E-state index contributed by atoms with van der Waals surface area (Å²) < 4.78 is 18.4. The van der Waals surface area contributed by atoms with Gasteiger partial charge in [-0.15, -0.1) is 0 Å². The van der Waals surface area contributed by atoms with Crippen molar-refractivity contribution in [3.63, 3.8) is 0 Å². The fraction of sp³-hybridized carbons (Fsp3) is 0.870. The van der Waals surface area contributed by atoms with Crippen LogP contribution in [0.3, 0.4) is 0 Å². The van der Waals surface area contributed by atoms with Gasteiger partial charge in [0.2, 0.25) is 0 Å². The van der Waals surface area contributed by atoms with Gasteiger partial charge in [0.15, 0.2) is 0 Å². The van der Waals surface area contributed by atoms with Crippen LogP contribution in [0.4, 0.5) is 0 Å². The normalized spacial score (nSPS) is 42.0. The van der Waals surface area contributed by atoms with Crippen molar-refractivity contribution in [3.05, 3.63) is 12.2 Å². The molecule has 27 heavy (non-hydrogen) atoms. The SMILES string of the molecule is C=C(C)C(=O)OC12CC3CC(CC(OCCCCC4(CC)CCO4)(C3)C1)C2. The molecule has 3 atom stereocenters. The summed E-state index contributed by atoms with van der Waals surface area (Å²) in [6, 6.07) is 0. The minimum Gasteiger partial charge on any atom is -0.456 e. The summed E-state index contributed by atoms with van der Waals surface area (Å²) in [6.45, 7) is 9.49. The molecule has 3 unspecified atom stereocenters. The maximum Gasteiger partial charge on any atom is 0.333 e. The van der Waals surface area contributed by atoms with E-state index < -0.39 is 0 Å². The van der Waals surface area contributed by atoms with Crippen LogP contribution in [0.5, 0.6) is 0 Å². The molecular weight excluding hydrogens is 340 g/mol. The molecule has 5 rings (SSSR count). The Kier molecular flexibility index (Phi) is 5.17. The van der Waals surface area contributed by atoms with Crippen molar-refractivity contribution in [1.29, 1.82) is 0 Å². The second-order valence-corrected chi connectivity index (χ2v) is 9.94. The summed E-state index contributed by atoms with van der Waals surface area (Å²) in [5.41, 5.74) is 0.312. The van der Waals surface area contributed by atoms with Gasteiger partial charge >= 0.3 is 5.97 Å². The zero-order valence-electron chi connectivity index (χ0n) is 17.2. The molecule has 4 heteroatoms. The molecule has 4 aliphatic carbocycles. The van der Waals surface area contributed by atoms with Crippen molar-refractivity contribution in [1.82, 2.24) is 0 Å². The van der Waals surface area contributed by atoms with Crippen LogP contribution in [-0.2, 0) is 19.0 Å². The number of hydrogen-bond acceptors (Lipinski definition) is 4. The van der Waals surface area contributed by atoms with Gasteiger partial charge in [-0.25, -0.2) is 4.79 Å². The number of esters is 1. The van der Waals surface area contributed by atoms with E-state index in [1.165, 1.54) is 19.3 Å². The number of ether oxygens (including phenoxy) is 3. The second kappa shape index (κ2) is 7.18. The molecule has 4 saturated carbocycles. The van der Waals surface area contributed by atoms with Gasteiger partial charge in [0.05, 0.1) is 17.8 Å². The van der Waals surface area contributed by atoms with Crippen molar-refractivity contribution < 1.29 is 19.0 Å². The predicted octanol–water partition coefficient (Wildman–Crippen LogP) is 4.95. The lowest BCUT2D eigenvalue weighted by Gasteiger charge is -2.60. The Balaban J connectivity index is 1.31. The molecule has 0 N–H and O–H groups in total. The predicted molar refractivity (Wildman–Crippen MR) is 104 cm³/mol. The van der Waals surface area contributed by atoms with E-state index in [2.05, 4.69) is 13.5 Å². The van der Waals surface area contributed by atoms with E-state index in [0.717, 1.165) is 64.6 Å². The van der Waals surface area contributed by atoms with Crippen molar-refractivity contribution in [2.75, 3.05) is 13.2 Å². The van der Waals surface area contributed by atoms with Gasteiger partial charge in [-0.1, -0.05) is 13.5 Å². The van der Waals surface area contributed by atoms with Gasteiger partial charge in [0.25, 0.3) is 0 Å². The van der Waals surface area contributed by atoms with Gasteiger partial charge in [-0.05, 0) is 83.0 Å². The van der Waals surface area contributed by atoms with E-state index in [1.807, 2.05) is 0 Å². The molecule has 0 amide bonds. The van der Waals surface area contributed by atoms with E-state index >= 15 is 0 Å². The molecule has 1 saturated heterocycles. The fourth-order valence-corrected chi connectivity index (χ4v) is 6.55. The Morgan fingerprint density at radius 2 is 1.81 bits per heavy atom. The summed E-state index contributed by atoms with van der Waals surface area (Å²) in [4.78, 5) is 12.2. The molecule has 0 aromatic carbocycles. The molecule has 4 nitrogen and oxygen atoms in total. The first-order valence-corrected chi connectivity index (χ1v) is 11.0. The molecule has 0 aromatic rings. The standard InChI is InChI=1S/C23H36O4/c1-4-21(8-10-26-21)7-5-6-9-25-22-12-18-11-19(13-22)15-23(14-18,16-22)27-20(24)17(2)3/h18-19H,2,4-16H2,1,3H3. The lowest BCUT2D eigenvalue weighted by atomic mass is 9.52. The molecule has 5 aliphatic rings. The maximum absolute atomic E-state index is 12.2. The molecule has 0 spiro atoms. The zero-order chi connectivity index (χ0) is 19.1. The fourth-order valence-electron chi connectivity index (χ4n) is 6.55. The van der Waals surface area contributed by atoms with Crippen LogP contribution in [0.2, 0.25) is 0 Å². The highest BCUT2D eigenvalue weighted by Crippen LogP contribution is 2.60. The number of unbranched alkanes of at least 4 members (excludes halogenated alkanes) is 1. The van der Waals surface area contributed by atoms with E-state index in [9.17, 15) is 4.79 Å². The third kappa shape index (κ3) is 3.85. The van der Waals surface area contributed by atoms with Crippen molar-refractivity contribution >= 4 is 5.97 Å². The molecule has 1 heterocycles. The van der Waals surface area contributed by atoms with Gasteiger partial charge in [0.1, 0.15) is 5.60 Å². The monoisotopic (exact) mass is 376 g/mol. The minimum atomic E-state index is -0.299. The topological polar surface area (TPSA) is 44.8 Å². The number of rotatable bonds is 9. The van der Waals surface area contributed by atoms with E-state index in [0.29, 0.717) is 17.4 Å². The van der Waals surface area contributed by atoms with Crippen molar-refractivity contribution in [2.45, 2.75) is 101 Å². The van der Waals surface area contributed by atoms with Crippen LogP contribution in [-0.4, -0.2) is 36.0 Å². The quantitative estimate of drug-likeness (QED) is 0.324. The summed E-state index contributed by atoms with van der Waals surface area (Å²) in [5.74, 6) is 1.07. The van der Waals surface area contributed by atoms with E-state index in [4.69, 9.17) is 14.2 Å². The first-order valence-electron chi connectivity index (χ1n) is 11.0.